The highest BCUT2D eigenvalue weighted by atomic mass is 16.5. The van der Waals surface area contributed by atoms with E-state index < -0.39 is 5.95 Å². The van der Waals surface area contributed by atoms with Gasteiger partial charge < -0.3 is 10.2 Å². The summed E-state index contributed by atoms with van der Waals surface area (Å²) in [5.74, 6) is -0.586. The van der Waals surface area contributed by atoms with E-state index in [4.69, 9.17) is 10.2 Å². The topological polar surface area (TPSA) is 40.5 Å². The Hall–Kier alpha value is -0.660. The van der Waals surface area contributed by atoms with Gasteiger partial charge in [0.25, 0.3) is 5.95 Å². The number of hydrogen-bond acceptors (Lipinski definition) is 2. The molecule has 0 aromatic heterocycles. The summed E-state index contributed by atoms with van der Waals surface area (Å²) in [5, 5.41) is 15.9. The molecule has 0 amide bonds. The van der Waals surface area contributed by atoms with Crippen molar-refractivity contribution in [3.8, 4) is 0 Å². The van der Waals surface area contributed by atoms with E-state index in [1.54, 1.807) is 0 Å². The van der Waals surface area contributed by atoms with Crippen LogP contribution in [0.4, 0.5) is 0 Å². The summed E-state index contributed by atoms with van der Waals surface area (Å²) in [6.07, 6.45) is 1.99. The van der Waals surface area contributed by atoms with Gasteiger partial charge in [-0.15, -0.1) is 0 Å². The number of hydrogen-bond donors (Lipinski definition) is 2. The van der Waals surface area contributed by atoms with E-state index in [0.29, 0.717) is 6.42 Å². The van der Waals surface area contributed by atoms with Gasteiger partial charge in [0.05, 0.1) is 0 Å². The van der Waals surface area contributed by atoms with Crippen molar-refractivity contribution < 1.29 is 10.2 Å². The van der Waals surface area contributed by atoms with Crippen molar-refractivity contribution in [2.45, 2.75) is 13.3 Å². The van der Waals surface area contributed by atoms with Crippen LogP contribution < -0.4 is 0 Å². The van der Waals surface area contributed by atoms with Crippen LogP contribution in [-0.2, 0) is 0 Å². The number of aliphatic hydroxyl groups excluding tert-OH is 1. The summed E-state index contributed by atoms with van der Waals surface area (Å²) in [6, 6.07) is 0. The third-order valence-electron chi connectivity index (χ3n) is 0.387. The third-order valence-corrected chi connectivity index (χ3v) is 0.387. The lowest BCUT2D eigenvalue weighted by Gasteiger charge is -1.79. The summed E-state index contributed by atoms with van der Waals surface area (Å²) in [6.45, 7) is 1.83. The van der Waals surface area contributed by atoms with Gasteiger partial charge in [0.2, 0.25) is 0 Å². The molecule has 2 heteroatoms. The van der Waals surface area contributed by atoms with Crippen LogP contribution in [0.15, 0.2) is 12.0 Å². The number of allylic oxidation sites excluding steroid dienone is 1. The van der Waals surface area contributed by atoms with E-state index in [-0.39, 0.29) is 0 Å². The summed E-state index contributed by atoms with van der Waals surface area (Å²) >= 11 is 0. The highest BCUT2D eigenvalue weighted by molar-refractivity contribution is 4.75. The van der Waals surface area contributed by atoms with E-state index in [0.717, 1.165) is 0 Å². The Balaban J connectivity index is 3.14. The Morgan fingerprint density at radius 2 is 2.17 bits per heavy atom. The highest BCUT2D eigenvalue weighted by Gasteiger charge is 1.73. The zero-order valence-corrected chi connectivity index (χ0v) is 3.68. The van der Waals surface area contributed by atoms with Gasteiger partial charge in [0.15, 0.2) is 0 Å². The minimum atomic E-state index is -0.586. The highest BCUT2D eigenvalue weighted by Crippen LogP contribution is 1.81. The molecular formula is C4H8O2. The molecule has 0 heterocycles. The van der Waals surface area contributed by atoms with E-state index >= 15 is 0 Å². The Morgan fingerprint density at radius 1 is 1.67 bits per heavy atom. The van der Waals surface area contributed by atoms with Crippen LogP contribution in [0.1, 0.15) is 13.3 Å². The van der Waals surface area contributed by atoms with Crippen molar-refractivity contribution >= 4 is 0 Å². The molecule has 2 nitrogen and oxygen atoms in total. The Morgan fingerprint density at radius 3 is 2.17 bits per heavy atom. The molecule has 0 rings (SSSR count). The van der Waals surface area contributed by atoms with Gasteiger partial charge in [-0.3, -0.25) is 0 Å². The van der Waals surface area contributed by atoms with Gasteiger partial charge in [-0.1, -0.05) is 6.92 Å². The average molecular weight is 88.1 g/mol. The SMILES string of the molecule is CCC=C(O)O. The molecule has 6 heavy (non-hydrogen) atoms. The molecule has 0 saturated carbocycles. The van der Waals surface area contributed by atoms with Crippen molar-refractivity contribution in [1.29, 1.82) is 0 Å². The van der Waals surface area contributed by atoms with E-state index in [1.165, 1.54) is 6.08 Å². The Kier molecular flexibility index (Phi) is 2.29. The molecule has 0 aliphatic heterocycles. The number of aliphatic hydroxyl groups is 2. The van der Waals surface area contributed by atoms with Crippen LogP contribution >= 0.6 is 0 Å². The van der Waals surface area contributed by atoms with Gasteiger partial charge in [-0.25, -0.2) is 0 Å². The zero-order chi connectivity index (χ0) is 4.99. The van der Waals surface area contributed by atoms with Gasteiger partial charge in [0, 0.05) is 0 Å². The summed E-state index contributed by atoms with van der Waals surface area (Å²) < 4.78 is 0. The van der Waals surface area contributed by atoms with E-state index in [1.807, 2.05) is 6.92 Å². The Labute approximate surface area is 36.7 Å². The molecule has 0 radical (unpaired) electrons. The first kappa shape index (κ1) is 5.34. The molecule has 0 unspecified atom stereocenters. The van der Waals surface area contributed by atoms with Crippen LogP contribution in [0.5, 0.6) is 0 Å². The van der Waals surface area contributed by atoms with Crippen LogP contribution in [0.2, 0.25) is 0 Å². The van der Waals surface area contributed by atoms with Gasteiger partial charge in [-0.05, 0) is 12.5 Å². The fourth-order valence-corrected chi connectivity index (χ4v) is 0.183. The molecule has 0 bridgehead atoms. The van der Waals surface area contributed by atoms with Crippen LogP contribution in [0.25, 0.3) is 0 Å². The van der Waals surface area contributed by atoms with E-state index in [9.17, 15) is 0 Å². The van der Waals surface area contributed by atoms with Crippen molar-refractivity contribution in [2.75, 3.05) is 0 Å². The quantitative estimate of drug-likeness (QED) is 0.475. The predicted octanol–water partition coefficient (Wildman–Crippen LogP) is 1.35. The maximum Gasteiger partial charge on any atom is 0.269 e. The minimum Gasteiger partial charge on any atom is -0.481 e. The first-order valence-electron chi connectivity index (χ1n) is 1.85. The maximum absolute atomic E-state index is 7.97. The minimum absolute atomic E-state index is 0.586. The fraction of sp³-hybridized carbons (Fsp3) is 0.500. The molecule has 0 aromatic carbocycles. The predicted molar refractivity (Wildman–Crippen MR) is 23.6 cm³/mol. The van der Waals surface area contributed by atoms with Crippen molar-refractivity contribution in [3.63, 3.8) is 0 Å². The fourth-order valence-electron chi connectivity index (χ4n) is 0.183. The van der Waals surface area contributed by atoms with E-state index in [2.05, 4.69) is 0 Å². The second-order valence-corrected chi connectivity index (χ2v) is 0.971. The van der Waals surface area contributed by atoms with Crippen molar-refractivity contribution in [1.82, 2.24) is 0 Å². The lowest BCUT2D eigenvalue weighted by molar-refractivity contribution is 0.189. The first-order valence-corrected chi connectivity index (χ1v) is 1.85. The largest absolute Gasteiger partial charge is 0.481 e. The maximum atomic E-state index is 7.97. The third kappa shape index (κ3) is 3.34. The lowest BCUT2D eigenvalue weighted by Crippen LogP contribution is -1.71. The van der Waals surface area contributed by atoms with Crippen LogP contribution in [0.3, 0.4) is 0 Å². The molecule has 0 atom stereocenters. The first-order chi connectivity index (χ1) is 2.77. The Bertz CT molecular complexity index is 52.6. The second kappa shape index (κ2) is 2.57. The lowest BCUT2D eigenvalue weighted by atomic mass is 10.5. The average Bonchev–Trinajstić information content (AvgIpc) is 1.35. The van der Waals surface area contributed by atoms with Crippen molar-refractivity contribution in [2.24, 2.45) is 0 Å². The monoisotopic (exact) mass is 88.1 g/mol. The van der Waals surface area contributed by atoms with Gasteiger partial charge in [-0.2, -0.15) is 0 Å². The molecule has 0 aliphatic carbocycles. The number of rotatable bonds is 1. The second-order valence-electron chi connectivity index (χ2n) is 0.971. The molecule has 0 fully saturated rings. The molecule has 0 spiro atoms. The van der Waals surface area contributed by atoms with Gasteiger partial charge >= 0.3 is 0 Å². The molecular weight excluding hydrogens is 80.0 g/mol. The smallest absolute Gasteiger partial charge is 0.269 e. The normalized spacial score (nSPS) is 7.50. The molecule has 36 valence electrons. The van der Waals surface area contributed by atoms with Crippen LogP contribution in [0, 0.1) is 0 Å². The standard InChI is InChI=1S/C4H8O2/c1-2-3-4(5)6/h3,5-6H,2H2,1H3. The molecule has 0 aliphatic rings. The molecule has 0 aromatic rings. The summed E-state index contributed by atoms with van der Waals surface area (Å²) in [5.41, 5.74) is 0. The summed E-state index contributed by atoms with van der Waals surface area (Å²) in [7, 11) is 0. The van der Waals surface area contributed by atoms with Crippen molar-refractivity contribution in [3.05, 3.63) is 12.0 Å². The molecule has 2 N–H and O–H groups in total. The van der Waals surface area contributed by atoms with Gasteiger partial charge in [0.1, 0.15) is 0 Å². The molecule has 0 saturated heterocycles. The summed E-state index contributed by atoms with van der Waals surface area (Å²) in [4.78, 5) is 0. The van der Waals surface area contributed by atoms with Crippen LogP contribution in [-0.4, -0.2) is 10.2 Å². The zero-order valence-electron chi connectivity index (χ0n) is 3.68.